The first-order valence-electron chi connectivity index (χ1n) is 12.0. The number of carboxylic acids is 1. The van der Waals surface area contributed by atoms with Gasteiger partial charge in [-0.2, -0.15) is 13.2 Å². The lowest BCUT2D eigenvalue weighted by Crippen LogP contribution is -2.22. The van der Waals surface area contributed by atoms with E-state index in [0.717, 1.165) is 33.7 Å². The molecule has 0 spiro atoms. The summed E-state index contributed by atoms with van der Waals surface area (Å²) in [5, 5.41) is 8.99. The summed E-state index contributed by atoms with van der Waals surface area (Å²) < 4.78 is 58.4. The summed E-state index contributed by atoms with van der Waals surface area (Å²) in [7, 11) is 0. The van der Waals surface area contributed by atoms with Crippen molar-refractivity contribution in [2.75, 3.05) is 5.75 Å². The molecule has 4 aromatic rings. The Morgan fingerprint density at radius 3 is 2.10 bits per heavy atom. The normalized spacial score (nSPS) is 12.7. The van der Waals surface area contributed by atoms with Crippen LogP contribution in [0.15, 0.2) is 108 Å². The fourth-order valence-electron chi connectivity index (χ4n) is 3.84. The average molecular weight is 553 g/mol. The fourth-order valence-corrected chi connectivity index (χ4v) is 4.61. The van der Waals surface area contributed by atoms with Crippen LogP contribution < -0.4 is 4.74 Å². The van der Waals surface area contributed by atoms with E-state index in [0.29, 0.717) is 22.6 Å². The van der Waals surface area contributed by atoms with Crippen LogP contribution in [-0.4, -0.2) is 22.9 Å². The van der Waals surface area contributed by atoms with Crippen molar-refractivity contribution < 1.29 is 32.2 Å². The number of halogens is 4. The highest BCUT2D eigenvalue weighted by molar-refractivity contribution is 7.99. The molecule has 0 aliphatic carbocycles. The number of hydrogen-bond acceptors (Lipinski definition) is 3. The van der Waals surface area contributed by atoms with Crippen LogP contribution in [0.4, 0.5) is 17.6 Å². The molecule has 0 radical (unpaired) electrons. The van der Waals surface area contributed by atoms with E-state index in [2.05, 4.69) is 0 Å². The van der Waals surface area contributed by atoms with Crippen molar-refractivity contribution in [1.82, 2.24) is 0 Å². The molecule has 0 aliphatic heterocycles. The standard InChI is InChI=1S/C31H24F4O3S/c1-20(30(36)37)38-27-13-15-28(16-14-27)39-18-17-29(23-9-11-26(32)12-10-23)22-7-5-21(6-8-22)24-3-2-4-25(19-24)31(33,34)35/h2-17,19-20H,18H2,1H3,(H,36,37). The molecule has 0 heterocycles. The van der Waals surface area contributed by atoms with Crippen molar-refractivity contribution in [2.45, 2.75) is 24.1 Å². The number of aliphatic carboxylic acids is 1. The highest BCUT2D eigenvalue weighted by Gasteiger charge is 2.30. The first-order valence-corrected chi connectivity index (χ1v) is 13.0. The molecule has 39 heavy (non-hydrogen) atoms. The number of ether oxygens (including phenoxy) is 1. The quantitative estimate of drug-likeness (QED) is 0.167. The van der Waals surface area contributed by atoms with Gasteiger partial charge in [-0.1, -0.05) is 54.6 Å². The van der Waals surface area contributed by atoms with Crippen molar-refractivity contribution in [1.29, 1.82) is 0 Å². The molecule has 0 amide bonds. The van der Waals surface area contributed by atoms with E-state index in [-0.39, 0.29) is 5.82 Å². The maximum absolute atomic E-state index is 13.6. The van der Waals surface area contributed by atoms with E-state index in [1.54, 1.807) is 54.2 Å². The number of rotatable bonds is 9. The summed E-state index contributed by atoms with van der Waals surface area (Å²) in [4.78, 5) is 11.9. The number of hydrogen-bond donors (Lipinski definition) is 1. The summed E-state index contributed by atoms with van der Waals surface area (Å²) in [6.45, 7) is 1.46. The van der Waals surface area contributed by atoms with E-state index in [1.807, 2.05) is 30.3 Å². The minimum Gasteiger partial charge on any atom is -0.479 e. The zero-order valence-electron chi connectivity index (χ0n) is 20.8. The van der Waals surface area contributed by atoms with E-state index in [9.17, 15) is 22.4 Å². The lowest BCUT2D eigenvalue weighted by molar-refractivity contribution is -0.144. The molecule has 1 unspecified atom stereocenters. The second-order valence-corrected chi connectivity index (χ2v) is 9.75. The Hall–Kier alpha value is -4.04. The second-order valence-electron chi connectivity index (χ2n) is 8.66. The molecule has 1 atom stereocenters. The maximum Gasteiger partial charge on any atom is 0.416 e. The molecule has 0 aromatic heterocycles. The van der Waals surface area contributed by atoms with Gasteiger partial charge in [-0.3, -0.25) is 0 Å². The summed E-state index contributed by atoms with van der Waals surface area (Å²) in [6, 6.07) is 25.6. The van der Waals surface area contributed by atoms with Gasteiger partial charge in [-0.15, -0.1) is 11.8 Å². The average Bonchev–Trinajstić information content (AvgIpc) is 2.92. The maximum atomic E-state index is 13.6. The Morgan fingerprint density at radius 1 is 0.897 bits per heavy atom. The fraction of sp³-hybridized carbons (Fsp3) is 0.129. The van der Waals surface area contributed by atoms with Gasteiger partial charge < -0.3 is 9.84 Å². The molecule has 0 aliphatic rings. The highest BCUT2D eigenvalue weighted by Crippen LogP contribution is 2.33. The Morgan fingerprint density at radius 2 is 1.51 bits per heavy atom. The van der Waals surface area contributed by atoms with Crippen molar-refractivity contribution in [3.05, 3.63) is 126 Å². The monoisotopic (exact) mass is 552 g/mol. The first-order chi connectivity index (χ1) is 18.6. The number of thioether (sulfide) groups is 1. The van der Waals surface area contributed by atoms with Gasteiger partial charge in [0.15, 0.2) is 6.10 Å². The Balaban J connectivity index is 1.54. The molecule has 0 saturated heterocycles. The summed E-state index contributed by atoms with van der Waals surface area (Å²) in [5.74, 6) is -0.368. The molecule has 0 saturated carbocycles. The van der Waals surface area contributed by atoms with Crippen LogP contribution in [0.5, 0.6) is 5.75 Å². The third-order valence-electron chi connectivity index (χ3n) is 5.90. The second kappa shape index (κ2) is 12.2. The van der Waals surface area contributed by atoms with Crippen molar-refractivity contribution in [3.8, 4) is 16.9 Å². The molecule has 4 aromatic carbocycles. The molecule has 8 heteroatoms. The lowest BCUT2D eigenvalue weighted by Gasteiger charge is -2.12. The number of alkyl halides is 3. The molecule has 1 N–H and O–H groups in total. The highest BCUT2D eigenvalue weighted by atomic mass is 32.2. The SMILES string of the molecule is CC(Oc1ccc(SCC=C(c2ccc(F)cc2)c2ccc(-c3cccc(C(F)(F)F)c3)cc2)cc1)C(=O)O. The van der Waals surface area contributed by atoms with Crippen LogP contribution in [0.1, 0.15) is 23.6 Å². The molecule has 200 valence electrons. The van der Waals surface area contributed by atoms with E-state index >= 15 is 0 Å². The predicted molar refractivity (Wildman–Crippen MR) is 145 cm³/mol. The van der Waals surface area contributed by atoms with Crippen LogP contribution in [0.2, 0.25) is 0 Å². The van der Waals surface area contributed by atoms with E-state index in [1.165, 1.54) is 25.1 Å². The Bertz CT molecular complexity index is 1450. The molecular weight excluding hydrogens is 528 g/mol. The predicted octanol–water partition coefficient (Wildman–Crippen LogP) is 8.59. The first kappa shape index (κ1) is 28.0. The minimum absolute atomic E-state index is 0.355. The van der Waals surface area contributed by atoms with Gasteiger partial charge in [0.05, 0.1) is 5.56 Å². The van der Waals surface area contributed by atoms with Gasteiger partial charge >= 0.3 is 12.1 Å². The molecule has 0 fully saturated rings. The van der Waals surface area contributed by atoms with Gasteiger partial charge in [0.2, 0.25) is 0 Å². The van der Waals surface area contributed by atoms with Crippen molar-refractivity contribution >= 4 is 23.3 Å². The topological polar surface area (TPSA) is 46.5 Å². The van der Waals surface area contributed by atoms with Gasteiger partial charge in [-0.05, 0) is 83.3 Å². The zero-order valence-corrected chi connectivity index (χ0v) is 21.6. The summed E-state index contributed by atoms with van der Waals surface area (Å²) in [5.41, 5.74) is 2.90. The third kappa shape index (κ3) is 7.51. The smallest absolute Gasteiger partial charge is 0.416 e. The minimum atomic E-state index is -4.42. The largest absolute Gasteiger partial charge is 0.479 e. The molecular formula is C31H24F4O3S. The van der Waals surface area contributed by atoms with Crippen LogP contribution in [0.3, 0.4) is 0 Å². The van der Waals surface area contributed by atoms with Crippen molar-refractivity contribution in [3.63, 3.8) is 0 Å². The Labute approximate surface area is 227 Å². The molecule has 0 bridgehead atoms. The molecule has 3 nitrogen and oxygen atoms in total. The van der Waals surface area contributed by atoms with Crippen LogP contribution in [-0.2, 0) is 11.0 Å². The zero-order chi connectivity index (χ0) is 28.0. The van der Waals surface area contributed by atoms with Gasteiger partial charge in [-0.25, -0.2) is 9.18 Å². The van der Waals surface area contributed by atoms with Crippen LogP contribution >= 0.6 is 11.8 Å². The van der Waals surface area contributed by atoms with Gasteiger partial charge in [0.25, 0.3) is 0 Å². The van der Waals surface area contributed by atoms with Gasteiger partial charge in [0.1, 0.15) is 11.6 Å². The lowest BCUT2D eigenvalue weighted by atomic mass is 9.95. The summed E-state index contributed by atoms with van der Waals surface area (Å²) >= 11 is 1.55. The number of carboxylic acid groups (broad SMARTS) is 1. The van der Waals surface area contributed by atoms with Crippen LogP contribution in [0, 0.1) is 5.82 Å². The van der Waals surface area contributed by atoms with E-state index in [4.69, 9.17) is 9.84 Å². The Kier molecular flexibility index (Phi) is 8.76. The van der Waals surface area contributed by atoms with Crippen molar-refractivity contribution in [2.24, 2.45) is 0 Å². The molecule has 4 rings (SSSR count). The van der Waals surface area contributed by atoms with Gasteiger partial charge in [0, 0.05) is 10.6 Å². The summed E-state index contributed by atoms with van der Waals surface area (Å²) in [6.07, 6.45) is -3.37. The van der Waals surface area contributed by atoms with E-state index < -0.39 is 23.8 Å². The van der Waals surface area contributed by atoms with Crippen LogP contribution in [0.25, 0.3) is 16.7 Å². The number of benzene rings is 4. The third-order valence-corrected chi connectivity index (χ3v) is 6.84. The number of carbonyl (C=O) groups is 1.